The lowest BCUT2D eigenvalue weighted by Crippen LogP contribution is -2.19. The first-order valence-corrected chi connectivity index (χ1v) is 9.34. The number of rotatable bonds is 2. The number of hydrogen-bond donors (Lipinski definition) is 1. The van der Waals surface area contributed by atoms with Crippen molar-refractivity contribution in [2.45, 2.75) is 53.4 Å². The highest BCUT2D eigenvalue weighted by Crippen LogP contribution is 2.39. The Balaban J connectivity index is 2.04. The molecule has 0 saturated carbocycles. The van der Waals surface area contributed by atoms with E-state index < -0.39 is 5.97 Å². The zero-order valence-corrected chi connectivity index (χ0v) is 16.1. The van der Waals surface area contributed by atoms with E-state index in [1.165, 1.54) is 24.0 Å². The van der Waals surface area contributed by atoms with Crippen LogP contribution in [0.1, 0.15) is 68.4 Å². The third-order valence-electron chi connectivity index (χ3n) is 5.50. The number of benzene rings is 2. The van der Waals surface area contributed by atoms with Crippen molar-refractivity contribution in [3.05, 3.63) is 58.2 Å². The second-order valence-electron chi connectivity index (χ2n) is 7.83. The molecule has 0 amide bonds. The molecule has 3 rings (SSSR count). The smallest absolute Gasteiger partial charge is 0.335 e. The van der Waals surface area contributed by atoms with E-state index >= 15 is 0 Å². The van der Waals surface area contributed by atoms with Gasteiger partial charge in [0.1, 0.15) is 0 Å². The number of carbonyl (C=O) groups is 1. The van der Waals surface area contributed by atoms with Gasteiger partial charge in [-0.2, -0.15) is 0 Å². The molecule has 0 saturated heterocycles. The monoisotopic (exact) mass is 346 g/mol. The van der Waals surface area contributed by atoms with Crippen LogP contribution in [0.4, 0.5) is 0 Å². The largest absolute Gasteiger partial charge is 0.478 e. The minimum atomic E-state index is -0.866. The molecule has 0 spiro atoms. The van der Waals surface area contributed by atoms with Crippen molar-refractivity contribution in [1.82, 2.24) is 0 Å². The van der Waals surface area contributed by atoms with Gasteiger partial charge in [-0.3, -0.25) is 0 Å². The Morgan fingerprint density at radius 3 is 2.62 bits per heavy atom. The average Bonchev–Trinajstić information content (AvgIpc) is 2.59. The molecule has 0 aromatic heterocycles. The van der Waals surface area contributed by atoms with Crippen LogP contribution >= 0.6 is 0 Å². The van der Waals surface area contributed by atoms with E-state index in [-0.39, 0.29) is 5.41 Å². The van der Waals surface area contributed by atoms with Crippen molar-refractivity contribution < 1.29 is 9.90 Å². The lowest BCUT2D eigenvalue weighted by molar-refractivity contribution is 0.0696. The maximum absolute atomic E-state index is 11.4. The fourth-order valence-electron chi connectivity index (χ4n) is 4.09. The van der Waals surface area contributed by atoms with Gasteiger partial charge in [-0.15, -0.1) is 0 Å². The van der Waals surface area contributed by atoms with Crippen LogP contribution in [0.2, 0.25) is 0 Å². The first-order chi connectivity index (χ1) is 12.3. The molecule has 0 heterocycles. The summed E-state index contributed by atoms with van der Waals surface area (Å²) in [6, 6.07) is 9.68. The molecule has 1 aliphatic rings. The Kier molecular flexibility index (Phi) is 4.92. The van der Waals surface area contributed by atoms with E-state index in [2.05, 4.69) is 38.7 Å². The summed E-state index contributed by atoms with van der Waals surface area (Å²) in [6.45, 7) is 8.75. The quantitative estimate of drug-likeness (QED) is 0.679. The molecule has 2 heteroatoms. The second-order valence-corrected chi connectivity index (χ2v) is 7.83. The van der Waals surface area contributed by atoms with Crippen LogP contribution in [0.25, 0.3) is 10.8 Å². The molecule has 2 nitrogen and oxygen atoms in total. The molecule has 0 aliphatic heterocycles. The fourth-order valence-corrected chi connectivity index (χ4v) is 4.09. The van der Waals surface area contributed by atoms with Crippen molar-refractivity contribution >= 4 is 16.7 Å². The minimum Gasteiger partial charge on any atom is -0.478 e. The van der Waals surface area contributed by atoms with Gasteiger partial charge in [-0.1, -0.05) is 50.3 Å². The van der Waals surface area contributed by atoms with Gasteiger partial charge in [-0.25, -0.2) is 4.79 Å². The summed E-state index contributed by atoms with van der Waals surface area (Å²) in [5, 5.41) is 11.4. The Morgan fingerprint density at radius 2 is 1.96 bits per heavy atom. The first-order valence-electron chi connectivity index (χ1n) is 9.34. The van der Waals surface area contributed by atoms with Crippen LogP contribution in [-0.4, -0.2) is 11.1 Å². The molecule has 134 valence electrons. The summed E-state index contributed by atoms with van der Waals surface area (Å²) in [6.07, 6.45) is 4.27. The van der Waals surface area contributed by atoms with Gasteiger partial charge in [0, 0.05) is 11.1 Å². The molecular formula is C24H26O2. The number of aromatic carboxylic acids is 1. The van der Waals surface area contributed by atoms with Gasteiger partial charge in [0.05, 0.1) is 5.56 Å². The zero-order valence-electron chi connectivity index (χ0n) is 16.1. The number of allylic oxidation sites excluding steroid dienone is 2. The van der Waals surface area contributed by atoms with Gasteiger partial charge in [0.2, 0.25) is 0 Å². The zero-order chi connectivity index (χ0) is 18.9. The molecular weight excluding hydrogens is 320 g/mol. The van der Waals surface area contributed by atoms with E-state index in [9.17, 15) is 9.90 Å². The van der Waals surface area contributed by atoms with Crippen molar-refractivity contribution in [3.8, 4) is 11.8 Å². The summed E-state index contributed by atoms with van der Waals surface area (Å²) in [7, 11) is 0. The number of aryl methyl sites for hydroxylation is 1. The average molecular weight is 346 g/mol. The van der Waals surface area contributed by atoms with Gasteiger partial charge >= 0.3 is 5.97 Å². The van der Waals surface area contributed by atoms with E-state index in [0.29, 0.717) is 12.0 Å². The van der Waals surface area contributed by atoms with Crippen LogP contribution in [0.3, 0.4) is 0 Å². The second kappa shape index (κ2) is 7.00. The Hall–Kier alpha value is -2.53. The molecule has 26 heavy (non-hydrogen) atoms. The minimum absolute atomic E-state index is 0.151. The number of hydrogen-bond acceptors (Lipinski definition) is 1. The SMILES string of the molecule is CCc1c(C(=O)O)ccc2cc(C#CC3=C(C)CCCC3(C)C)ccc12. The van der Waals surface area contributed by atoms with Crippen molar-refractivity contribution in [2.24, 2.45) is 5.41 Å². The first kappa shape index (κ1) is 18.3. The van der Waals surface area contributed by atoms with E-state index in [1.807, 2.05) is 25.1 Å². The normalized spacial score (nSPS) is 16.3. The number of carboxylic acids is 1. The molecule has 0 bridgehead atoms. The van der Waals surface area contributed by atoms with Crippen LogP contribution in [0.15, 0.2) is 41.5 Å². The lowest BCUT2D eigenvalue weighted by atomic mass is 9.73. The van der Waals surface area contributed by atoms with Crippen LogP contribution < -0.4 is 0 Å². The predicted molar refractivity (Wildman–Crippen MR) is 107 cm³/mol. The maximum Gasteiger partial charge on any atom is 0.335 e. The van der Waals surface area contributed by atoms with E-state index in [4.69, 9.17) is 0 Å². The highest BCUT2D eigenvalue weighted by atomic mass is 16.4. The Bertz CT molecular complexity index is 965. The van der Waals surface area contributed by atoms with Gasteiger partial charge < -0.3 is 5.11 Å². The number of fused-ring (bicyclic) bond motifs is 1. The third-order valence-corrected chi connectivity index (χ3v) is 5.50. The van der Waals surface area contributed by atoms with Crippen LogP contribution in [0.5, 0.6) is 0 Å². The van der Waals surface area contributed by atoms with Crippen LogP contribution in [-0.2, 0) is 6.42 Å². The van der Waals surface area contributed by atoms with Gasteiger partial charge in [0.15, 0.2) is 0 Å². The van der Waals surface area contributed by atoms with E-state index in [0.717, 1.165) is 28.3 Å². The summed E-state index contributed by atoms with van der Waals surface area (Å²) >= 11 is 0. The summed E-state index contributed by atoms with van der Waals surface area (Å²) in [5.74, 6) is 5.91. The molecule has 0 atom stereocenters. The molecule has 1 N–H and O–H groups in total. The molecule has 2 aromatic rings. The Morgan fingerprint density at radius 1 is 1.19 bits per heavy atom. The molecule has 0 unspecified atom stereocenters. The maximum atomic E-state index is 11.4. The summed E-state index contributed by atoms with van der Waals surface area (Å²) in [4.78, 5) is 11.4. The summed E-state index contributed by atoms with van der Waals surface area (Å²) < 4.78 is 0. The van der Waals surface area contributed by atoms with Crippen molar-refractivity contribution in [1.29, 1.82) is 0 Å². The molecule has 1 aliphatic carbocycles. The van der Waals surface area contributed by atoms with Gasteiger partial charge in [0.25, 0.3) is 0 Å². The predicted octanol–water partition coefficient (Wildman–Crippen LogP) is 5.98. The fraction of sp³-hybridized carbons (Fsp3) is 0.375. The summed E-state index contributed by atoms with van der Waals surface area (Å²) in [5.41, 5.74) is 5.10. The molecule has 0 fully saturated rings. The Labute approximate surface area is 155 Å². The van der Waals surface area contributed by atoms with E-state index in [1.54, 1.807) is 6.07 Å². The van der Waals surface area contributed by atoms with Crippen LogP contribution in [0, 0.1) is 17.3 Å². The molecule has 2 aromatic carbocycles. The molecule has 0 radical (unpaired) electrons. The number of carboxylic acid groups (broad SMARTS) is 1. The van der Waals surface area contributed by atoms with Crippen molar-refractivity contribution in [3.63, 3.8) is 0 Å². The highest BCUT2D eigenvalue weighted by Gasteiger charge is 2.27. The highest BCUT2D eigenvalue weighted by molar-refractivity contribution is 5.98. The topological polar surface area (TPSA) is 37.3 Å². The third kappa shape index (κ3) is 3.40. The van der Waals surface area contributed by atoms with Crippen molar-refractivity contribution in [2.75, 3.05) is 0 Å². The van der Waals surface area contributed by atoms with Gasteiger partial charge in [-0.05, 0) is 72.6 Å². The standard InChI is InChI=1S/C24H26O2/c1-5-19-20-11-8-17(15-18(20)10-12-21(19)23(25)26)9-13-22-16(2)7-6-14-24(22,3)4/h8,10-12,15H,5-7,14H2,1-4H3,(H,25,26). The lowest BCUT2D eigenvalue weighted by Gasteiger charge is -2.31.